The second kappa shape index (κ2) is 11.7. The molecule has 1 aromatic rings. The number of anilines is 2. The molecule has 1 rings (SSSR count). The van der Waals surface area contributed by atoms with Crippen molar-refractivity contribution >= 4 is 23.2 Å². The molecule has 0 aliphatic carbocycles. The molecule has 0 aliphatic rings. The fraction of sp³-hybridized carbons (Fsp3) is 0.556. The van der Waals surface area contributed by atoms with Crippen molar-refractivity contribution in [3.05, 3.63) is 24.3 Å². The molecule has 0 heterocycles. The first-order valence-corrected chi connectivity index (χ1v) is 8.56. The zero-order chi connectivity index (χ0) is 16.9. The summed E-state index contributed by atoms with van der Waals surface area (Å²) in [7, 11) is 0. The first-order valence-electron chi connectivity index (χ1n) is 8.56. The smallest absolute Gasteiger partial charge is 0.238 e. The van der Waals surface area contributed by atoms with Gasteiger partial charge in [-0.15, -0.1) is 0 Å². The maximum atomic E-state index is 11.9. The van der Waals surface area contributed by atoms with Crippen LogP contribution in [0, 0.1) is 0 Å². The van der Waals surface area contributed by atoms with Crippen LogP contribution in [0.4, 0.5) is 11.4 Å². The standard InChI is InChI=1S/C18H29N3O2/c1-3-5-6-7-8-12-19-14-18(23)21-16-11-9-10-15(13-16)20-17(22)4-2/h9-11,13,19H,3-8,12,14H2,1-2H3,(H,20,22)(H,21,23). The van der Waals surface area contributed by atoms with Crippen LogP contribution in [-0.4, -0.2) is 24.9 Å². The van der Waals surface area contributed by atoms with Gasteiger partial charge in [-0.1, -0.05) is 45.6 Å². The average Bonchev–Trinajstić information content (AvgIpc) is 2.54. The molecule has 5 nitrogen and oxygen atoms in total. The molecule has 0 bridgehead atoms. The molecule has 23 heavy (non-hydrogen) atoms. The third-order valence-electron chi connectivity index (χ3n) is 3.49. The van der Waals surface area contributed by atoms with Gasteiger partial charge in [-0.2, -0.15) is 0 Å². The Balaban J connectivity index is 2.26. The molecule has 128 valence electrons. The highest BCUT2D eigenvalue weighted by Gasteiger charge is 2.04. The molecule has 0 saturated heterocycles. The van der Waals surface area contributed by atoms with Crippen molar-refractivity contribution in [3.63, 3.8) is 0 Å². The van der Waals surface area contributed by atoms with Crippen LogP contribution in [0.15, 0.2) is 24.3 Å². The Bertz CT molecular complexity index is 489. The molecular weight excluding hydrogens is 290 g/mol. The van der Waals surface area contributed by atoms with E-state index in [0.717, 1.165) is 13.0 Å². The lowest BCUT2D eigenvalue weighted by Gasteiger charge is -2.09. The Morgan fingerprint density at radius 2 is 1.57 bits per heavy atom. The van der Waals surface area contributed by atoms with Crippen molar-refractivity contribution in [1.82, 2.24) is 5.32 Å². The molecule has 3 N–H and O–H groups in total. The van der Waals surface area contributed by atoms with E-state index in [1.54, 1.807) is 19.1 Å². The van der Waals surface area contributed by atoms with Gasteiger partial charge in [0.1, 0.15) is 0 Å². The van der Waals surface area contributed by atoms with Gasteiger partial charge in [0.25, 0.3) is 0 Å². The average molecular weight is 319 g/mol. The second-order valence-electron chi connectivity index (χ2n) is 5.62. The van der Waals surface area contributed by atoms with Crippen LogP contribution < -0.4 is 16.0 Å². The minimum atomic E-state index is -0.0717. The van der Waals surface area contributed by atoms with Crippen LogP contribution in [0.3, 0.4) is 0 Å². The number of hydrogen-bond acceptors (Lipinski definition) is 3. The predicted molar refractivity (Wildman–Crippen MR) is 95.6 cm³/mol. The highest BCUT2D eigenvalue weighted by Crippen LogP contribution is 2.15. The minimum absolute atomic E-state index is 0.0433. The van der Waals surface area contributed by atoms with Gasteiger partial charge >= 0.3 is 0 Å². The number of amides is 2. The van der Waals surface area contributed by atoms with Crippen LogP contribution in [0.2, 0.25) is 0 Å². The van der Waals surface area contributed by atoms with Gasteiger partial charge in [-0.05, 0) is 31.2 Å². The van der Waals surface area contributed by atoms with E-state index in [9.17, 15) is 9.59 Å². The molecule has 0 unspecified atom stereocenters. The third-order valence-corrected chi connectivity index (χ3v) is 3.49. The Hall–Kier alpha value is -1.88. The van der Waals surface area contributed by atoms with Crippen molar-refractivity contribution in [3.8, 4) is 0 Å². The van der Waals surface area contributed by atoms with Gasteiger partial charge in [0.2, 0.25) is 11.8 Å². The summed E-state index contributed by atoms with van der Waals surface area (Å²) >= 11 is 0. The number of benzene rings is 1. The summed E-state index contributed by atoms with van der Waals surface area (Å²) in [6.07, 6.45) is 6.53. The molecule has 0 aliphatic heterocycles. The zero-order valence-corrected chi connectivity index (χ0v) is 14.3. The highest BCUT2D eigenvalue weighted by atomic mass is 16.2. The topological polar surface area (TPSA) is 70.2 Å². The molecule has 0 radical (unpaired) electrons. The summed E-state index contributed by atoms with van der Waals surface area (Å²) in [4.78, 5) is 23.3. The SMILES string of the molecule is CCCCCCCNCC(=O)Nc1cccc(NC(=O)CC)c1. The van der Waals surface area contributed by atoms with Gasteiger partial charge in [0.15, 0.2) is 0 Å². The predicted octanol–water partition coefficient (Wildman–Crippen LogP) is 3.53. The lowest BCUT2D eigenvalue weighted by atomic mass is 10.1. The highest BCUT2D eigenvalue weighted by molar-refractivity contribution is 5.94. The Kier molecular flexibility index (Phi) is 9.71. The van der Waals surface area contributed by atoms with E-state index in [0.29, 0.717) is 24.3 Å². The van der Waals surface area contributed by atoms with E-state index in [1.165, 1.54) is 25.7 Å². The lowest BCUT2D eigenvalue weighted by Crippen LogP contribution is -2.28. The van der Waals surface area contributed by atoms with Crippen LogP contribution in [0.5, 0.6) is 0 Å². The number of carbonyl (C=O) groups is 2. The van der Waals surface area contributed by atoms with E-state index < -0.39 is 0 Å². The summed E-state index contributed by atoms with van der Waals surface area (Å²) < 4.78 is 0. The van der Waals surface area contributed by atoms with E-state index in [-0.39, 0.29) is 11.8 Å². The van der Waals surface area contributed by atoms with Crippen molar-refractivity contribution in [2.24, 2.45) is 0 Å². The van der Waals surface area contributed by atoms with Crippen LogP contribution in [0.1, 0.15) is 52.4 Å². The summed E-state index contributed by atoms with van der Waals surface area (Å²) in [6, 6.07) is 7.18. The number of unbranched alkanes of at least 4 members (excludes halogenated alkanes) is 4. The molecule has 0 saturated carbocycles. The van der Waals surface area contributed by atoms with Crippen molar-refractivity contribution in [2.75, 3.05) is 23.7 Å². The third kappa shape index (κ3) is 8.98. The second-order valence-corrected chi connectivity index (χ2v) is 5.62. The lowest BCUT2D eigenvalue weighted by molar-refractivity contribution is -0.116. The Labute approximate surface area is 139 Å². The monoisotopic (exact) mass is 319 g/mol. The van der Waals surface area contributed by atoms with E-state index in [1.807, 2.05) is 12.1 Å². The van der Waals surface area contributed by atoms with Crippen LogP contribution in [-0.2, 0) is 9.59 Å². The molecule has 0 fully saturated rings. The molecule has 5 heteroatoms. The Morgan fingerprint density at radius 1 is 0.913 bits per heavy atom. The molecular formula is C18H29N3O2. The first-order chi connectivity index (χ1) is 11.2. The Morgan fingerprint density at radius 3 is 2.22 bits per heavy atom. The number of carbonyl (C=O) groups excluding carboxylic acids is 2. The fourth-order valence-corrected chi connectivity index (χ4v) is 2.18. The largest absolute Gasteiger partial charge is 0.326 e. The van der Waals surface area contributed by atoms with Gasteiger partial charge in [0.05, 0.1) is 6.54 Å². The van der Waals surface area contributed by atoms with Gasteiger partial charge in [-0.25, -0.2) is 0 Å². The van der Waals surface area contributed by atoms with Gasteiger partial charge in [-0.3, -0.25) is 9.59 Å². The summed E-state index contributed by atoms with van der Waals surface area (Å²) in [6.45, 7) is 5.17. The summed E-state index contributed by atoms with van der Waals surface area (Å²) in [5, 5.41) is 8.76. The zero-order valence-electron chi connectivity index (χ0n) is 14.3. The maximum absolute atomic E-state index is 11.9. The number of hydrogen-bond donors (Lipinski definition) is 3. The normalized spacial score (nSPS) is 10.3. The van der Waals surface area contributed by atoms with Gasteiger partial charge in [0, 0.05) is 17.8 Å². The van der Waals surface area contributed by atoms with E-state index in [4.69, 9.17) is 0 Å². The van der Waals surface area contributed by atoms with Crippen molar-refractivity contribution < 1.29 is 9.59 Å². The maximum Gasteiger partial charge on any atom is 0.238 e. The van der Waals surface area contributed by atoms with Crippen molar-refractivity contribution in [2.45, 2.75) is 52.4 Å². The first kappa shape index (κ1) is 19.2. The quantitative estimate of drug-likeness (QED) is 0.546. The minimum Gasteiger partial charge on any atom is -0.326 e. The molecule has 0 spiro atoms. The number of rotatable bonds is 11. The summed E-state index contributed by atoms with van der Waals surface area (Å²) in [5.74, 6) is -0.115. The van der Waals surface area contributed by atoms with E-state index >= 15 is 0 Å². The molecule has 2 amide bonds. The van der Waals surface area contributed by atoms with Crippen molar-refractivity contribution in [1.29, 1.82) is 0 Å². The van der Waals surface area contributed by atoms with Crippen LogP contribution in [0.25, 0.3) is 0 Å². The summed E-state index contributed by atoms with van der Waals surface area (Å²) in [5.41, 5.74) is 1.38. The van der Waals surface area contributed by atoms with Gasteiger partial charge < -0.3 is 16.0 Å². The fourth-order valence-electron chi connectivity index (χ4n) is 2.18. The molecule has 0 aromatic heterocycles. The molecule has 0 atom stereocenters. The number of nitrogens with one attached hydrogen (secondary N) is 3. The molecule has 1 aromatic carbocycles. The van der Waals surface area contributed by atoms with E-state index in [2.05, 4.69) is 22.9 Å². The van der Waals surface area contributed by atoms with Crippen LogP contribution >= 0.6 is 0 Å².